The second-order valence-electron chi connectivity index (χ2n) is 7.23. The Kier molecular flexibility index (Phi) is 4.48. The van der Waals surface area contributed by atoms with Crippen molar-refractivity contribution in [2.75, 3.05) is 37.7 Å². The number of rotatable bonds is 2. The van der Waals surface area contributed by atoms with Crippen LogP contribution in [0.4, 0.5) is 5.69 Å². The molecule has 4 rings (SSSR count). The molecule has 3 aliphatic rings. The smallest absolute Gasteiger partial charge is 0.228 e. The van der Waals surface area contributed by atoms with E-state index in [2.05, 4.69) is 0 Å². The molecule has 0 aromatic heterocycles. The predicted molar refractivity (Wildman–Crippen MR) is 94.5 cm³/mol. The van der Waals surface area contributed by atoms with Crippen LogP contribution in [0, 0.1) is 5.92 Å². The molecular formula is C19H24N2O5. The highest BCUT2D eigenvalue weighted by molar-refractivity contribution is 6.00. The lowest BCUT2D eigenvalue weighted by Gasteiger charge is -2.36. The van der Waals surface area contributed by atoms with Crippen LogP contribution in [-0.4, -0.2) is 61.8 Å². The fraction of sp³-hybridized carbons (Fsp3) is 0.579. The molecule has 7 heteroatoms. The molecule has 0 bridgehead atoms. The monoisotopic (exact) mass is 360 g/mol. The van der Waals surface area contributed by atoms with Gasteiger partial charge < -0.3 is 24.0 Å². The van der Waals surface area contributed by atoms with E-state index in [1.165, 1.54) is 0 Å². The molecule has 2 fully saturated rings. The Labute approximate surface area is 152 Å². The van der Waals surface area contributed by atoms with Crippen molar-refractivity contribution in [1.29, 1.82) is 0 Å². The molecular weight excluding hydrogens is 336 g/mol. The van der Waals surface area contributed by atoms with Gasteiger partial charge in [0, 0.05) is 37.8 Å². The summed E-state index contributed by atoms with van der Waals surface area (Å²) in [6.07, 6.45) is 0.287. The molecule has 3 unspecified atom stereocenters. The van der Waals surface area contributed by atoms with Crippen molar-refractivity contribution in [2.24, 2.45) is 5.92 Å². The maximum Gasteiger partial charge on any atom is 0.228 e. The van der Waals surface area contributed by atoms with Gasteiger partial charge in [0.1, 0.15) is 13.2 Å². The highest BCUT2D eigenvalue weighted by Crippen LogP contribution is 2.36. The van der Waals surface area contributed by atoms with Gasteiger partial charge in [-0.25, -0.2) is 0 Å². The number of fused-ring (bicyclic) bond motifs is 1. The quantitative estimate of drug-likeness (QED) is 0.798. The molecule has 3 atom stereocenters. The van der Waals surface area contributed by atoms with Crippen LogP contribution in [0.3, 0.4) is 0 Å². The zero-order chi connectivity index (χ0) is 18.3. The van der Waals surface area contributed by atoms with Gasteiger partial charge in [-0.05, 0) is 26.0 Å². The number of anilines is 1. The first-order valence-corrected chi connectivity index (χ1v) is 9.15. The molecule has 0 spiro atoms. The molecule has 3 heterocycles. The Morgan fingerprint density at radius 2 is 1.73 bits per heavy atom. The molecule has 0 saturated carbocycles. The molecule has 1 aromatic rings. The minimum Gasteiger partial charge on any atom is -0.486 e. The van der Waals surface area contributed by atoms with Gasteiger partial charge in [0.25, 0.3) is 0 Å². The summed E-state index contributed by atoms with van der Waals surface area (Å²) in [6.45, 7) is 6.53. The van der Waals surface area contributed by atoms with Gasteiger partial charge in [-0.1, -0.05) is 0 Å². The van der Waals surface area contributed by atoms with E-state index in [9.17, 15) is 9.59 Å². The standard InChI is InChI=1S/C19H24N2O5/c1-12-9-20(10-13(2)26-12)19(23)14-7-18(22)21(11-14)15-3-4-16-17(8-15)25-6-5-24-16/h3-4,8,12-14H,5-7,9-11H2,1-2H3. The topological polar surface area (TPSA) is 68.3 Å². The largest absolute Gasteiger partial charge is 0.486 e. The highest BCUT2D eigenvalue weighted by atomic mass is 16.6. The predicted octanol–water partition coefficient (Wildman–Crippen LogP) is 1.45. The number of nitrogens with zero attached hydrogens (tertiary/aromatic N) is 2. The maximum absolute atomic E-state index is 12.9. The van der Waals surface area contributed by atoms with E-state index in [1.54, 1.807) is 4.90 Å². The lowest BCUT2D eigenvalue weighted by atomic mass is 10.1. The average Bonchev–Trinajstić information content (AvgIpc) is 3.01. The molecule has 3 aliphatic heterocycles. The minimum absolute atomic E-state index is 0.0219. The van der Waals surface area contributed by atoms with Gasteiger partial charge in [0.05, 0.1) is 18.1 Å². The Morgan fingerprint density at radius 3 is 2.46 bits per heavy atom. The SMILES string of the molecule is CC1CN(C(=O)C2CC(=O)N(c3ccc4c(c3)OCCO4)C2)CC(C)O1. The van der Waals surface area contributed by atoms with Crippen molar-refractivity contribution < 1.29 is 23.8 Å². The molecule has 7 nitrogen and oxygen atoms in total. The third-order valence-electron chi connectivity index (χ3n) is 5.04. The van der Waals surface area contributed by atoms with Crippen LogP contribution in [0.15, 0.2) is 18.2 Å². The number of ether oxygens (including phenoxy) is 3. The number of carbonyl (C=O) groups excluding carboxylic acids is 2. The first-order valence-electron chi connectivity index (χ1n) is 9.15. The molecule has 2 amide bonds. The van der Waals surface area contributed by atoms with Crippen LogP contribution in [0.5, 0.6) is 11.5 Å². The summed E-state index contributed by atoms with van der Waals surface area (Å²) in [6, 6.07) is 5.48. The minimum atomic E-state index is -0.312. The van der Waals surface area contributed by atoms with Gasteiger partial charge in [0.2, 0.25) is 11.8 Å². The Morgan fingerprint density at radius 1 is 1.04 bits per heavy atom. The molecule has 0 radical (unpaired) electrons. The fourth-order valence-electron chi connectivity index (χ4n) is 3.94. The summed E-state index contributed by atoms with van der Waals surface area (Å²) in [5, 5.41) is 0. The van der Waals surface area contributed by atoms with Crippen LogP contribution in [0.25, 0.3) is 0 Å². The molecule has 2 saturated heterocycles. The summed E-state index contributed by atoms with van der Waals surface area (Å²) < 4.78 is 16.8. The summed E-state index contributed by atoms with van der Waals surface area (Å²) in [5.74, 6) is 1.03. The molecule has 0 aliphatic carbocycles. The third-order valence-corrected chi connectivity index (χ3v) is 5.04. The van der Waals surface area contributed by atoms with Crippen molar-refractivity contribution in [3.63, 3.8) is 0 Å². The van der Waals surface area contributed by atoms with Gasteiger partial charge in [-0.2, -0.15) is 0 Å². The van der Waals surface area contributed by atoms with E-state index in [4.69, 9.17) is 14.2 Å². The highest BCUT2D eigenvalue weighted by Gasteiger charge is 2.39. The maximum atomic E-state index is 12.9. The first kappa shape index (κ1) is 17.1. The van der Waals surface area contributed by atoms with E-state index < -0.39 is 0 Å². The normalized spacial score (nSPS) is 28.4. The first-order chi connectivity index (χ1) is 12.5. The van der Waals surface area contributed by atoms with Crippen LogP contribution in [0.2, 0.25) is 0 Å². The van der Waals surface area contributed by atoms with Gasteiger partial charge in [-0.3, -0.25) is 9.59 Å². The summed E-state index contributed by atoms with van der Waals surface area (Å²) in [4.78, 5) is 28.9. The van der Waals surface area contributed by atoms with Crippen molar-refractivity contribution >= 4 is 17.5 Å². The van der Waals surface area contributed by atoms with Crippen LogP contribution < -0.4 is 14.4 Å². The molecule has 0 N–H and O–H groups in total. The van der Waals surface area contributed by atoms with Crippen molar-refractivity contribution in [3.05, 3.63) is 18.2 Å². The lowest BCUT2D eigenvalue weighted by Crippen LogP contribution is -2.50. The van der Waals surface area contributed by atoms with E-state index in [0.29, 0.717) is 44.3 Å². The summed E-state index contributed by atoms with van der Waals surface area (Å²) >= 11 is 0. The molecule has 1 aromatic carbocycles. The van der Waals surface area contributed by atoms with Crippen molar-refractivity contribution in [2.45, 2.75) is 32.5 Å². The van der Waals surface area contributed by atoms with Gasteiger partial charge >= 0.3 is 0 Å². The third kappa shape index (κ3) is 3.23. The zero-order valence-electron chi connectivity index (χ0n) is 15.1. The molecule has 26 heavy (non-hydrogen) atoms. The lowest BCUT2D eigenvalue weighted by molar-refractivity contribution is -0.147. The molecule has 140 valence electrons. The van der Waals surface area contributed by atoms with Gasteiger partial charge in [-0.15, -0.1) is 0 Å². The van der Waals surface area contributed by atoms with Crippen LogP contribution in [0.1, 0.15) is 20.3 Å². The second-order valence-corrected chi connectivity index (χ2v) is 7.23. The van der Waals surface area contributed by atoms with Crippen LogP contribution >= 0.6 is 0 Å². The van der Waals surface area contributed by atoms with Crippen molar-refractivity contribution in [1.82, 2.24) is 4.90 Å². The van der Waals surface area contributed by atoms with Crippen molar-refractivity contribution in [3.8, 4) is 11.5 Å². The van der Waals surface area contributed by atoms with E-state index >= 15 is 0 Å². The number of morpholine rings is 1. The van der Waals surface area contributed by atoms with Gasteiger partial charge in [0.15, 0.2) is 11.5 Å². The van der Waals surface area contributed by atoms with E-state index in [1.807, 2.05) is 36.9 Å². The zero-order valence-corrected chi connectivity index (χ0v) is 15.1. The number of carbonyl (C=O) groups is 2. The summed E-state index contributed by atoms with van der Waals surface area (Å²) in [5.41, 5.74) is 0.748. The number of amides is 2. The fourth-order valence-corrected chi connectivity index (χ4v) is 3.94. The number of hydrogen-bond acceptors (Lipinski definition) is 5. The Balaban J connectivity index is 1.47. The average molecular weight is 360 g/mol. The van der Waals surface area contributed by atoms with E-state index in [-0.39, 0.29) is 36.4 Å². The number of hydrogen-bond donors (Lipinski definition) is 0. The Hall–Kier alpha value is -2.28. The van der Waals surface area contributed by atoms with Crippen LogP contribution in [-0.2, 0) is 14.3 Å². The number of benzene rings is 1. The summed E-state index contributed by atoms with van der Waals surface area (Å²) in [7, 11) is 0. The Bertz CT molecular complexity index is 712. The second kappa shape index (κ2) is 6.79. The van der Waals surface area contributed by atoms with E-state index in [0.717, 1.165) is 5.69 Å².